The predicted molar refractivity (Wildman–Crippen MR) is 88.0 cm³/mol. The predicted octanol–water partition coefficient (Wildman–Crippen LogP) is 3.58. The van der Waals surface area contributed by atoms with E-state index in [1.807, 2.05) is 54.6 Å². The van der Waals surface area contributed by atoms with Crippen LogP contribution in [0.1, 0.15) is 10.4 Å². The van der Waals surface area contributed by atoms with Gasteiger partial charge in [0, 0.05) is 5.69 Å². The minimum Gasteiger partial charge on any atom is -0.343 e. The van der Waals surface area contributed by atoms with Gasteiger partial charge >= 0.3 is 22.4 Å². The quantitative estimate of drug-likeness (QED) is 0.316. The number of aromatic nitrogens is 3. The Balaban J connectivity index is 0.00000169. The molecule has 0 fully saturated rings. The largest absolute Gasteiger partial charge is 1.00 e. The van der Waals surface area contributed by atoms with Crippen LogP contribution < -0.4 is 0 Å². The third-order valence-electron chi connectivity index (χ3n) is 3.68. The summed E-state index contributed by atoms with van der Waals surface area (Å²) in [5.41, 5.74) is 1.99. The molecule has 0 aliphatic rings. The van der Waals surface area contributed by atoms with E-state index in [-0.39, 0.29) is 28.3 Å². The summed E-state index contributed by atoms with van der Waals surface area (Å²) in [5, 5.41) is 10.3. The van der Waals surface area contributed by atoms with Crippen molar-refractivity contribution in [1.29, 1.82) is 0 Å². The number of hydrogen-bond acceptors (Lipinski definition) is 3. The molecule has 0 unspecified atom stereocenters. The van der Waals surface area contributed by atoms with E-state index in [1.54, 1.807) is 12.1 Å². The molecule has 0 saturated heterocycles. The van der Waals surface area contributed by atoms with Gasteiger partial charge in [-0.25, -0.2) is 0 Å². The van der Waals surface area contributed by atoms with Gasteiger partial charge in [0.2, 0.25) is 0 Å². The first-order chi connectivity index (χ1) is 11.3. The van der Waals surface area contributed by atoms with E-state index in [0.29, 0.717) is 11.3 Å². The van der Waals surface area contributed by atoms with Gasteiger partial charge in [0.15, 0.2) is 5.91 Å². The molecule has 0 radical (unpaired) electrons. The summed E-state index contributed by atoms with van der Waals surface area (Å²) in [7, 11) is 0. The van der Waals surface area contributed by atoms with Gasteiger partial charge in [0.25, 0.3) is 0 Å². The second-order valence-electron chi connectivity index (χ2n) is 5.19. The van der Waals surface area contributed by atoms with Gasteiger partial charge < -0.3 is 4.79 Å². The number of carbonyl (C=O) groups excluding carboxylic acids is 1. The first-order valence-electron chi connectivity index (χ1n) is 7.25. The zero-order valence-electron chi connectivity index (χ0n) is 12.5. The van der Waals surface area contributed by atoms with E-state index in [1.165, 1.54) is 0 Å². The summed E-state index contributed by atoms with van der Waals surface area (Å²) < 4.78 is 1.15. The molecule has 4 rings (SSSR count). The van der Waals surface area contributed by atoms with Gasteiger partial charge in [-0.05, 0) is 22.5 Å². The molecule has 0 saturated carbocycles. The fraction of sp³-hybridized carbons (Fsp3) is 0. The maximum absolute atomic E-state index is 12.3. The number of fused-ring (bicyclic) bond motifs is 1. The Hall–Kier alpha value is -2.53. The number of hydrogen-bond donors (Lipinski definition) is 0. The zero-order chi connectivity index (χ0) is 15.6. The molecule has 4 aromatic rings. The van der Waals surface area contributed by atoms with Crippen LogP contribution in [0.25, 0.3) is 22.0 Å². The molecule has 120 valence electrons. The van der Waals surface area contributed by atoms with Gasteiger partial charge in [-0.3, -0.25) is 4.68 Å². The van der Waals surface area contributed by atoms with Crippen LogP contribution in [0.5, 0.6) is 0 Å². The maximum atomic E-state index is 12.3. The third kappa shape index (κ3) is 3.08. The van der Waals surface area contributed by atoms with E-state index < -0.39 is 0 Å². The molecule has 0 bridgehead atoms. The molecule has 3 aromatic carbocycles. The Labute approximate surface area is 154 Å². The molecule has 0 spiro atoms. The van der Waals surface area contributed by atoms with E-state index in [4.69, 9.17) is 0 Å². The van der Waals surface area contributed by atoms with E-state index in [2.05, 4.69) is 22.6 Å². The van der Waals surface area contributed by atoms with Crippen molar-refractivity contribution in [1.82, 2.24) is 15.0 Å². The standard InChI is InChI=1S/C19H12N3O.Au/c23-19(15-7-2-1-3-8-15)22-13-18(20-21-22)17-11-10-14-6-4-5-9-16(14)12-17;/h1-12H;/q-1;+1. The van der Waals surface area contributed by atoms with Crippen molar-refractivity contribution in [2.75, 3.05) is 0 Å². The molecule has 0 amide bonds. The SMILES string of the molecule is O=C(c1ccccc1)n1[c-]c(-c2ccc3ccccc3c2)nn1.[Au+]. The van der Waals surface area contributed by atoms with Gasteiger partial charge in [0.1, 0.15) is 0 Å². The molecular weight excluding hydrogens is 483 g/mol. The van der Waals surface area contributed by atoms with Crippen molar-refractivity contribution < 1.29 is 27.2 Å². The van der Waals surface area contributed by atoms with Gasteiger partial charge in [0.05, 0.1) is 0 Å². The first-order valence-corrected chi connectivity index (χ1v) is 7.25. The smallest absolute Gasteiger partial charge is 0.343 e. The Morgan fingerprint density at radius 1 is 0.875 bits per heavy atom. The van der Waals surface area contributed by atoms with Crippen LogP contribution in [0.4, 0.5) is 0 Å². The number of carbonyl (C=O) groups is 1. The fourth-order valence-electron chi connectivity index (χ4n) is 2.49. The molecule has 1 aromatic heterocycles. The van der Waals surface area contributed by atoms with Crippen LogP contribution in [0, 0.1) is 6.20 Å². The molecular formula is C19H12AuN3O. The summed E-state index contributed by atoms with van der Waals surface area (Å²) in [6.45, 7) is 0. The van der Waals surface area contributed by atoms with Gasteiger partial charge in [-0.15, -0.1) is 12.1 Å². The Bertz CT molecular complexity index is 996. The summed E-state index contributed by atoms with van der Waals surface area (Å²) >= 11 is 0. The van der Waals surface area contributed by atoms with E-state index in [0.717, 1.165) is 21.0 Å². The normalized spacial score (nSPS) is 10.3. The molecule has 0 aliphatic heterocycles. The molecule has 0 N–H and O–H groups in total. The zero-order valence-corrected chi connectivity index (χ0v) is 14.6. The van der Waals surface area contributed by atoms with Gasteiger partial charge in [-0.2, -0.15) is 5.10 Å². The van der Waals surface area contributed by atoms with Crippen molar-refractivity contribution in [3.05, 3.63) is 84.6 Å². The summed E-state index contributed by atoms with van der Waals surface area (Å²) in [6, 6.07) is 23.1. The van der Waals surface area contributed by atoms with Crippen molar-refractivity contribution >= 4 is 16.7 Å². The molecule has 1 heterocycles. The topological polar surface area (TPSA) is 47.8 Å². The van der Waals surface area contributed by atoms with Crippen LogP contribution >= 0.6 is 0 Å². The van der Waals surface area contributed by atoms with Crippen molar-refractivity contribution in [2.24, 2.45) is 0 Å². The molecule has 4 nitrogen and oxygen atoms in total. The summed E-state index contributed by atoms with van der Waals surface area (Å²) in [5.74, 6) is -0.245. The van der Waals surface area contributed by atoms with Crippen LogP contribution in [0.2, 0.25) is 0 Å². The van der Waals surface area contributed by atoms with Crippen LogP contribution in [-0.4, -0.2) is 20.9 Å². The Morgan fingerprint density at radius 3 is 2.38 bits per heavy atom. The molecule has 24 heavy (non-hydrogen) atoms. The molecule has 5 heteroatoms. The van der Waals surface area contributed by atoms with Crippen LogP contribution in [0.15, 0.2) is 72.8 Å². The van der Waals surface area contributed by atoms with Crippen LogP contribution in [0.3, 0.4) is 0 Å². The van der Waals surface area contributed by atoms with Crippen molar-refractivity contribution in [2.45, 2.75) is 0 Å². The fourth-order valence-corrected chi connectivity index (χ4v) is 2.49. The van der Waals surface area contributed by atoms with E-state index >= 15 is 0 Å². The second kappa shape index (κ2) is 6.93. The van der Waals surface area contributed by atoms with Crippen molar-refractivity contribution in [3.8, 4) is 11.3 Å². The number of rotatable bonds is 2. The number of nitrogens with zero attached hydrogens (tertiary/aromatic N) is 3. The third-order valence-corrected chi connectivity index (χ3v) is 3.68. The average molecular weight is 495 g/mol. The summed E-state index contributed by atoms with van der Waals surface area (Å²) in [6.07, 6.45) is 2.94. The van der Waals surface area contributed by atoms with E-state index in [9.17, 15) is 4.79 Å². The molecule has 0 atom stereocenters. The maximum Gasteiger partial charge on any atom is 1.00 e. The average Bonchev–Trinajstić information content (AvgIpc) is 3.11. The summed E-state index contributed by atoms with van der Waals surface area (Å²) in [4.78, 5) is 12.3. The minimum atomic E-state index is -0.245. The Morgan fingerprint density at radius 2 is 1.58 bits per heavy atom. The van der Waals surface area contributed by atoms with Crippen LogP contribution in [-0.2, 0) is 22.4 Å². The monoisotopic (exact) mass is 495 g/mol. The molecule has 0 aliphatic carbocycles. The minimum absolute atomic E-state index is 0. The number of benzene rings is 3. The first kappa shape index (κ1) is 16.3. The van der Waals surface area contributed by atoms with Crippen molar-refractivity contribution in [3.63, 3.8) is 0 Å². The Kier molecular flexibility index (Phi) is 4.71. The second-order valence-corrected chi connectivity index (χ2v) is 5.19. The van der Waals surface area contributed by atoms with Gasteiger partial charge in [-0.1, -0.05) is 71.4 Å².